The molecule has 0 aliphatic rings. The Hall–Kier alpha value is -0.810. The molecule has 0 aromatic heterocycles. The molecule has 0 radical (unpaired) electrons. The monoisotopic (exact) mass is 149 g/mol. The van der Waals surface area contributed by atoms with E-state index in [0.717, 1.165) is 0 Å². The van der Waals surface area contributed by atoms with Gasteiger partial charge in [0.05, 0.1) is 6.61 Å². The minimum Gasteiger partial charge on any atom is -0.450 e. The van der Waals surface area contributed by atoms with Crippen molar-refractivity contribution in [2.24, 2.45) is 5.73 Å². The normalized spacial score (nSPS) is 9.90. The molecule has 5 heteroatoms. The van der Waals surface area contributed by atoms with Gasteiger partial charge in [-0.05, 0) is 6.42 Å². The average molecular weight is 149 g/mol. The third kappa shape index (κ3) is 7.19. The van der Waals surface area contributed by atoms with Crippen LogP contribution in [0.25, 0.3) is 0 Å². The van der Waals surface area contributed by atoms with Crippen molar-refractivity contribution in [1.29, 1.82) is 0 Å². The predicted molar refractivity (Wildman–Crippen MR) is 33.0 cm³/mol. The minimum atomic E-state index is -1.34. The topological polar surface area (TPSA) is 92.8 Å². The summed E-state index contributed by atoms with van der Waals surface area (Å²) in [5.74, 6) is 0. The van der Waals surface area contributed by atoms with Crippen molar-refractivity contribution >= 4 is 6.09 Å². The Labute approximate surface area is 58.4 Å². The van der Waals surface area contributed by atoms with Gasteiger partial charge in [-0.3, -0.25) is 0 Å². The van der Waals surface area contributed by atoms with Crippen LogP contribution in [0.1, 0.15) is 12.8 Å². The van der Waals surface area contributed by atoms with Crippen molar-refractivity contribution < 1.29 is 19.7 Å². The van der Waals surface area contributed by atoms with Gasteiger partial charge in [-0.25, -0.2) is 4.79 Å². The first kappa shape index (κ1) is 9.19. The Morgan fingerprint density at radius 3 is 2.60 bits per heavy atom. The Morgan fingerprint density at radius 2 is 2.20 bits per heavy atom. The molecule has 0 heterocycles. The van der Waals surface area contributed by atoms with Crippen LogP contribution in [0.4, 0.5) is 4.79 Å². The van der Waals surface area contributed by atoms with Gasteiger partial charge in [0.1, 0.15) is 0 Å². The van der Waals surface area contributed by atoms with E-state index < -0.39 is 12.4 Å². The summed E-state index contributed by atoms with van der Waals surface area (Å²) in [4.78, 5) is 9.92. The molecule has 1 amide bonds. The SMILES string of the molecule is NC(=O)OCCCC(O)O. The van der Waals surface area contributed by atoms with Gasteiger partial charge in [0.15, 0.2) is 6.29 Å². The molecule has 0 aromatic rings. The van der Waals surface area contributed by atoms with Crippen molar-refractivity contribution in [1.82, 2.24) is 0 Å². The van der Waals surface area contributed by atoms with Crippen molar-refractivity contribution in [2.75, 3.05) is 6.61 Å². The molecule has 60 valence electrons. The molecule has 0 fully saturated rings. The second-order valence-corrected chi connectivity index (χ2v) is 1.79. The highest BCUT2D eigenvalue weighted by Gasteiger charge is 1.97. The molecular weight excluding hydrogens is 138 g/mol. The molecule has 0 unspecified atom stereocenters. The molecule has 4 N–H and O–H groups in total. The Kier molecular flexibility index (Phi) is 4.61. The van der Waals surface area contributed by atoms with Crippen LogP contribution in [0.5, 0.6) is 0 Å². The zero-order valence-electron chi connectivity index (χ0n) is 5.49. The fourth-order valence-corrected chi connectivity index (χ4v) is 0.439. The lowest BCUT2D eigenvalue weighted by Gasteiger charge is -2.02. The average Bonchev–Trinajstić information content (AvgIpc) is 1.79. The summed E-state index contributed by atoms with van der Waals surface area (Å²) in [6.45, 7) is 0.132. The minimum absolute atomic E-state index is 0.132. The highest BCUT2D eigenvalue weighted by atomic mass is 16.5. The van der Waals surface area contributed by atoms with Crippen LogP contribution in [0.15, 0.2) is 0 Å². The number of aliphatic hydroxyl groups excluding tert-OH is 1. The van der Waals surface area contributed by atoms with Crippen molar-refractivity contribution in [3.8, 4) is 0 Å². The first-order chi connectivity index (χ1) is 4.63. The summed E-state index contributed by atoms with van der Waals surface area (Å²) in [7, 11) is 0. The summed E-state index contributed by atoms with van der Waals surface area (Å²) in [5.41, 5.74) is 4.62. The largest absolute Gasteiger partial charge is 0.450 e. The molecule has 0 aliphatic heterocycles. The van der Waals surface area contributed by atoms with E-state index in [2.05, 4.69) is 10.5 Å². The van der Waals surface area contributed by atoms with E-state index in [1.165, 1.54) is 0 Å². The number of primary amides is 1. The molecule has 0 bridgehead atoms. The van der Waals surface area contributed by atoms with Crippen LogP contribution in [0.2, 0.25) is 0 Å². The van der Waals surface area contributed by atoms with E-state index >= 15 is 0 Å². The van der Waals surface area contributed by atoms with E-state index in [9.17, 15) is 4.79 Å². The van der Waals surface area contributed by atoms with Gasteiger partial charge in [0.25, 0.3) is 0 Å². The molecule has 10 heavy (non-hydrogen) atoms. The van der Waals surface area contributed by atoms with Gasteiger partial charge in [-0.2, -0.15) is 0 Å². The number of hydrogen-bond donors (Lipinski definition) is 3. The van der Waals surface area contributed by atoms with Gasteiger partial charge in [-0.15, -0.1) is 0 Å². The summed E-state index contributed by atoms with van der Waals surface area (Å²) in [6, 6.07) is 0. The molecule has 0 aliphatic carbocycles. The summed E-state index contributed by atoms with van der Waals surface area (Å²) < 4.78 is 4.31. The number of hydrogen-bond acceptors (Lipinski definition) is 4. The van der Waals surface area contributed by atoms with Gasteiger partial charge < -0.3 is 20.7 Å². The van der Waals surface area contributed by atoms with E-state index in [1.807, 2.05) is 0 Å². The van der Waals surface area contributed by atoms with Crippen LogP contribution < -0.4 is 5.73 Å². The third-order valence-corrected chi connectivity index (χ3v) is 0.851. The zero-order valence-corrected chi connectivity index (χ0v) is 5.49. The van der Waals surface area contributed by atoms with Gasteiger partial charge in [0.2, 0.25) is 0 Å². The summed E-state index contributed by atoms with van der Waals surface area (Å²) in [6.07, 6.45) is -1.59. The smallest absolute Gasteiger partial charge is 0.404 e. The molecule has 0 saturated carbocycles. The lowest BCUT2D eigenvalue weighted by Crippen LogP contribution is -2.15. The van der Waals surface area contributed by atoms with Gasteiger partial charge >= 0.3 is 6.09 Å². The molecule has 0 atom stereocenters. The predicted octanol–water partition coefficient (Wildman–Crippen LogP) is -0.827. The number of aliphatic hydroxyl groups is 2. The number of ether oxygens (including phenoxy) is 1. The first-order valence-electron chi connectivity index (χ1n) is 2.91. The fourth-order valence-electron chi connectivity index (χ4n) is 0.439. The third-order valence-electron chi connectivity index (χ3n) is 0.851. The second kappa shape index (κ2) is 5.01. The number of amides is 1. The van der Waals surface area contributed by atoms with Crippen LogP contribution in [0.3, 0.4) is 0 Å². The standard InChI is InChI=1S/C5H11NO4/c6-5(9)10-3-1-2-4(7)8/h4,7-8H,1-3H2,(H2,6,9). The molecule has 0 saturated heterocycles. The van der Waals surface area contributed by atoms with Crippen molar-refractivity contribution in [3.63, 3.8) is 0 Å². The van der Waals surface area contributed by atoms with Crippen LogP contribution in [0, 0.1) is 0 Å². The number of carbonyl (C=O) groups excluding carboxylic acids is 1. The van der Waals surface area contributed by atoms with Gasteiger partial charge in [0, 0.05) is 6.42 Å². The highest BCUT2D eigenvalue weighted by Crippen LogP contribution is 1.92. The van der Waals surface area contributed by atoms with E-state index in [4.69, 9.17) is 10.2 Å². The van der Waals surface area contributed by atoms with Crippen LogP contribution in [-0.4, -0.2) is 29.2 Å². The zero-order chi connectivity index (χ0) is 7.98. The van der Waals surface area contributed by atoms with Crippen LogP contribution in [-0.2, 0) is 4.74 Å². The van der Waals surface area contributed by atoms with E-state index in [1.54, 1.807) is 0 Å². The summed E-state index contributed by atoms with van der Waals surface area (Å²) >= 11 is 0. The Bertz CT molecular complexity index is 104. The quantitative estimate of drug-likeness (QED) is 0.359. The molecule has 5 nitrogen and oxygen atoms in total. The lowest BCUT2D eigenvalue weighted by atomic mass is 10.3. The molecule has 0 spiro atoms. The number of rotatable bonds is 4. The maximum Gasteiger partial charge on any atom is 0.404 e. The maximum absolute atomic E-state index is 9.92. The Balaban J connectivity index is 2.98. The second-order valence-electron chi connectivity index (χ2n) is 1.79. The molecular formula is C5H11NO4. The fraction of sp³-hybridized carbons (Fsp3) is 0.800. The first-order valence-corrected chi connectivity index (χ1v) is 2.91. The lowest BCUT2D eigenvalue weighted by molar-refractivity contribution is -0.0487. The van der Waals surface area contributed by atoms with E-state index in [0.29, 0.717) is 6.42 Å². The van der Waals surface area contributed by atoms with Gasteiger partial charge in [-0.1, -0.05) is 0 Å². The van der Waals surface area contributed by atoms with E-state index in [-0.39, 0.29) is 13.0 Å². The number of carbonyl (C=O) groups is 1. The number of nitrogens with two attached hydrogens (primary N) is 1. The summed E-state index contributed by atoms with van der Waals surface area (Å²) in [5, 5.41) is 16.6. The van der Waals surface area contributed by atoms with Crippen LogP contribution >= 0.6 is 0 Å². The molecule has 0 rings (SSSR count). The van der Waals surface area contributed by atoms with Crippen molar-refractivity contribution in [2.45, 2.75) is 19.1 Å². The maximum atomic E-state index is 9.92. The molecule has 0 aromatic carbocycles. The Morgan fingerprint density at radius 1 is 1.60 bits per heavy atom. The van der Waals surface area contributed by atoms with Crippen molar-refractivity contribution in [3.05, 3.63) is 0 Å². The highest BCUT2D eigenvalue weighted by molar-refractivity contribution is 5.64.